The number of halogens is 5. The number of rotatable bonds is 7. The fourth-order valence-electron chi connectivity index (χ4n) is 4.95. The molecule has 0 spiro atoms. The maximum absolute atomic E-state index is 13.7. The van der Waals surface area contributed by atoms with Gasteiger partial charge in [-0.2, -0.15) is 13.2 Å². The number of nitrogens with one attached hydrogen (secondary N) is 1. The molecule has 10 heteroatoms. The molecule has 0 aromatic heterocycles. The topological polar surface area (TPSA) is 37.0 Å². The van der Waals surface area contributed by atoms with Gasteiger partial charge >= 0.3 is 6.18 Å². The van der Waals surface area contributed by atoms with Gasteiger partial charge in [-0.25, -0.2) is 4.39 Å². The van der Waals surface area contributed by atoms with Gasteiger partial charge in [0.15, 0.2) is 6.61 Å². The second-order valence-corrected chi connectivity index (χ2v) is 9.47. The van der Waals surface area contributed by atoms with E-state index in [4.69, 9.17) is 21.1 Å². The van der Waals surface area contributed by atoms with E-state index in [1.165, 1.54) is 12.1 Å². The molecule has 0 unspecified atom stereocenters. The van der Waals surface area contributed by atoms with E-state index in [0.717, 1.165) is 56.3 Å². The largest absolute Gasteiger partial charge is 0.495 e. The number of nitrogens with zero attached hydrogens (tertiary/aromatic N) is 2. The Hall–Kier alpha value is -2.39. The maximum Gasteiger partial charge on any atom is 0.422 e. The third kappa shape index (κ3) is 6.85. The molecule has 35 heavy (non-hydrogen) atoms. The first-order valence-electron chi connectivity index (χ1n) is 11.8. The molecule has 2 fully saturated rings. The Labute approximate surface area is 207 Å². The Bertz CT molecular complexity index is 991. The zero-order valence-electron chi connectivity index (χ0n) is 19.6. The van der Waals surface area contributed by atoms with Crippen LogP contribution in [0.25, 0.3) is 0 Å². The summed E-state index contributed by atoms with van der Waals surface area (Å²) in [6.45, 7) is 1.43. The van der Waals surface area contributed by atoms with Gasteiger partial charge in [0, 0.05) is 49.4 Å². The van der Waals surface area contributed by atoms with Crippen LogP contribution in [0.15, 0.2) is 36.4 Å². The predicted octanol–water partition coefficient (Wildman–Crippen LogP) is 5.97. The molecule has 2 aromatic carbocycles. The minimum absolute atomic E-state index is 0.0706. The van der Waals surface area contributed by atoms with Crippen LogP contribution in [0.1, 0.15) is 25.7 Å². The standard InChI is InChI=1S/C25H30ClF4N3O2/c1-34-23-9-2-17(26)14-21(23)31-19-4-6-20(7-5-19)32-10-12-33(13-11-32)22-8-3-18(27)15-24(22)35-16-25(28,29)30/h2-3,8-9,14-15,19-20,31H,4-7,10-13,16H2,1H3. The first kappa shape index (κ1) is 25.7. The van der Waals surface area contributed by atoms with Gasteiger partial charge in [-0.3, -0.25) is 4.90 Å². The number of methoxy groups -OCH3 is 1. The van der Waals surface area contributed by atoms with Crippen LogP contribution in [-0.4, -0.2) is 63.1 Å². The Morgan fingerprint density at radius 3 is 2.34 bits per heavy atom. The fourth-order valence-corrected chi connectivity index (χ4v) is 5.12. The van der Waals surface area contributed by atoms with Gasteiger partial charge in [0.2, 0.25) is 0 Å². The summed E-state index contributed by atoms with van der Waals surface area (Å²) in [5.74, 6) is 0.0798. The summed E-state index contributed by atoms with van der Waals surface area (Å²) in [6, 6.07) is 10.1. The number of hydrogen-bond donors (Lipinski definition) is 1. The molecule has 5 nitrogen and oxygen atoms in total. The van der Waals surface area contributed by atoms with Crippen molar-refractivity contribution in [3.05, 3.63) is 47.2 Å². The molecule has 0 atom stereocenters. The highest BCUT2D eigenvalue weighted by molar-refractivity contribution is 6.30. The molecular weight excluding hydrogens is 486 g/mol. The highest BCUT2D eigenvalue weighted by Gasteiger charge is 2.31. The summed E-state index contributed by atoms with van der Waals surface area (Å²) in [5.41, 5.74) is 1.40. The lowest BCUT2D eigenvalue weighted by molar-refractivity contribution is -0.153. The van der Waals surface area contributed by atoms with Crippen LogP contribution in [-0.2, 0) is 0 Å². The molecule has 1 aliphatic carbocycles. The van der Waals surface area contributed by atoms with E-state index in [1.807, 2.05) is 17.0 Å². The Kier molecular flexibility index (Phi) is 8.16. The van der Waals surface area contributed by atoms with Gasteiger partial charge in [0.25, 0.3) is 0 Å². The summed E-state index contributed by atoms with van der Waals surface area (Å²) >= 11 is 6.14. The van der Waals surface area contributed by atoms with Gasteiger partial charge in [0.1, 0.15) is 17.3 Å². The van der Waals surface area contributed by atoms with E-state index >= 15 is 0 Å². The van der Waals surface area contributed by atoms with Crippen LogP contribution < -0.4 is 19.7 Å². The molecule has 4 rings (SSSR count). The molecule has 0 radical (unpaired) electrons. The molecule has 1 N–H and O–H groups in total. The van der Waals surface area contributed by atoms with Gasteiger partial charge in [0.05, 0.1) is 18.5 Å². The van der Waals surface area contributed by atoms with Crippen molar-refractivity contribution in [1.82, 2.24) is 4.90 Å². The van der Waals surface area contributed by atoms with E-state index in [1.54, 1.807) is 13.2 Å². The smallest absolute Gasteiger partial charge is 0.422 e. The third-order valence-electron chi connectivity index (χ3n) is 6.70. The third-order valence-corrected chi connectivity index (χ3v) is 6.94. The van der Waals surface area contributed by atoms with Crippen LogP contribution >= 0.6 is 11.6 Å². The molecular formula is C25H30ClF4N3O2. The van der Waals surface area contributed by atoms with E-state index in [9.17, 15) is 17.6 Å². The molecule has 1 saturated carbocycles. The van der Waals surface area contributed by atoms with Crippen molar-refractivity contribution in [2.45, 2.75) is 43.9 Å². The van der Waals surface area contributed by atoms with Gasteiger partial charge in [-0.15, -0.1) is 0 Å². The van der Waals surface area contributed by atoms with Crippen molar-refractivity contribution in [3.8, 4) is 11.5 Å². The van der Waals surface area contributed by atoms with Crippen molar-refractivity contribution in [2.24, 2.45) is 0 Å². The first-order chi connectivity index (χ1) is 16.7. The van der Waals surface area contributed by atoms with Crippen LogP contribution in [0.4, 0.5) is 28.9 Å². The molecule has 192 valence electrons. The van der Waals surface area contributed by atoms with Gasteiger partial charge in [-0.05, 0) is 56.0 Å². The van der Waals surface area contributed by atoms with E-state index in [0.29, 0.717) is 35.9 Å². The van der Waals surface area contributed by atoms with Crippen LogP contribution in [0.2, 0.25) is 5.02 Å². The molecule has 1 aliphatic heterocycles. The van der Waals surface area contributed by atoms with Crippen molar-refractivity contribution in [3.63, 3.8) is 0 Å². The zero-order valence-corrected chi connectivity index (χ0v) is 20.3. The molecule has 0 amide bonds. The molecule has 2 aromatic rings. The van der Waals surface area contributed by atoms with Crippen LogP contribution in [0.3, 0.4) is 0 Å². The number of ether oxygens (including phenoxy) is 2. The van der Waals surface area contributed by atoms with Crippen molar-refractivity contribution >= 4 is 23.0 Å². The normalized spacial score (nSPS) is 21.6. The molecule has 0 bridgehead atoms. The van der Waals surface area contributed by atoms with E-state index < -0.39 is 18.6 Å². The van der Waals surface area contributed by atoms with Crippen LogP contribution in [0, 0.1) is 5.82 Å². The summed E-state index contributed by atoms with van der Waals surface area (Å²) in [7, 11) is 1.64. The van der Waals surface area contributed by atoms with Crippen molar-refractivity contribution in [1.29, 1.82) is 0 Å². The number of piperazine rings is 1. The first-order valence-corrected chi connectivity index (χ1v) is 12.2. The van der Waals surface area contributed by atoms with Crippen molar-refractivity contribution in [2.75, 3.05) is 50.1 Å². The lowest BCUT2D eigenvalue weighted by atomic mass is 9.89. The quantitative estimate of drug-likeness (QED) is 0.460. The monoisotopic (exact) mass is 515 g/mol. The Morgan fingerprint density at radius 2 is 1.69 bits per heavy atom. The second-order valence-electron chi connectivity index (χ2n) is 9.03. The average molecular weight is 516 g/mol. The number of benzene rings is 2. The minimum Gasteiger partial charge on any atom is -0.495 e. The summed E-state index contributed by atoms with van der Waals surface area (Å²) in [5, 5.41) is 4.23. The highest BCUT2D eigenvalue weighted by atomic mass is 35.5. The highest BCUT2D eigenvalue weighted by Crippen LogP contribution is 2.34. The minimum atomic E-state index is -4.48. The molecule has 1 saturated heterocycles. The molecule has 1 heterocycles. The SMILES string of the molecule is COc1ccc(Cl)cc1NC1CCC(N2CCN(c3ccc(F)cc3OCC(F)(F)F)CC2)CC1. The van der Waals surface area contributed by atoms with Gasteiger partial charge < -0.3 is 19.7 Å². The van der Waals surface area contributed by atoms with Crippen LogP contribution in [0.5, 0.6) is 11.5 Å². The summed E-state index contributed by atoms with van der Waals surface area (Å²) in [4.78, 5) is 4.42. The number of hydrogen-bond acceptors (Lipinski definition) is 5. The fraction of sp³-hybridized carbons (Fsp3) is 0.520. The molecule has 2 aliphatic rings. The van der Waals surface area contributed by atoms with Crippen molar-refractivity contribution < 1.29 is 27.0 Å². The van der Waals surface area contributed by atoms with E-state index in [2.05, 4.69) is 10.2 Å². The average Bonchev–Trinajstić information content (AvgIpc) is 2.83. The zero-order chi connectivity index (χ0) is 25.0. The summed E-state index contributed by atoms with van der Waals surface area (Å²) < 4.78 is 61.9. The van der Waals surface area contributed by atoms with Gasteiger partial charge in [-0.1, -0.05) is 11.6 Å². The lowest BCUT2D eigenvalue weighted by Crippen LogP contribution is -2.51. The Balaban J connectivity index is 1.29. The maximum atomic E-state index is 13.7. The second kappa shape index (κ2) is 11.1. The summed E-state index contributed by atoms with van der Waals surface area (Å²) in [6.07, 6.45) is -0.330. The number of alkyl halides is 3. The van der Waals surface area contributed by atoms with E-state index in [-0.39, 0.29) is 5.75 Å². The predicted molar refractivity (Wildman–Crippen MR) is 129 cm³/mol. The Morgan fingerprint density at radius 1 is 0.971 bits per heavy atom. The lowest BCUT2D eigenvalue weighted by Gasteiger charge is -2.43. The number of anilines is 2.